The average molecular weight is 572 g/mol. The Morgan fingerprint density at radius 1 is 0.976 bits per heavy atom. The zero-order chi connectivity index (χ0) is 29.5. The minimum Gasteiger partial charge on any atom is -0.386 e. The number of amides is 3. The summed E-state index contributed by atoms with van der Waals surface area (Å²) in [6.07, 6.45) is 3.59. The van der Waals surface area contributed by atoms with Crippen molar-refractivity contribution in [1.29, 1.82) is 5.41 Å². The van der Waals surface area contributed by atoms with Gasteiger partial charge < -0.3 is 20.7 Å². The SMILES string of the molecule is N=C(N)[C@@H](NC(=O)[C@@H]1CCCC[C@H]1c1ccc(CN(C(=O)N2CCOCC2)c2ccccc2)cc1)c1ccc(F)cc1. The number of ether oxygens (including phenoxy) is 1. The second-order valence-corrected chi connectivity index (χ2v) is 11.0. The van der Waals surface area contributed by atoms with E-state index in [9.17, 15) is 14.0 Å². The number of carbonyl (C=O) groups excluding carboxylic acids is 2. The molecule has 1 aliphatic heterocycles. The third-order valence-electron chi connectivity index (χ3n) is 8.23. The molecule has 0 unspecified atom stereocenters. The molecule has 42 heavy (non-hydrogen) atoms. The minimum atomic E-state index is -0.809. The van der Waals surface area contributed by atoms with Gasteiger partial charge in [-0.2, -0.15) is 0 Å². The Hall–Kier alpha value is -4.24. The van der Waals surface area contributed by atoms with Crippen LogP contribution in [-0.4, -0.2) is 49.0 Å². The predicted octanol–water partition coefficient (Wildman–Crippen LogP) is 5.35. The molecule has 0 radical (unpaired) electrons. The number of hydrogen-bond donors (Lipinski definition) is 3. The number of hydrogen-bond acceptors (Lipinski definition) is 4. The quantitative estimate of drug-likeness (QED) is 0.250. The lowest BCUT2D eigenvalue weighted by molar-refractivity contribution is -0.127. The number of nitrogens with zero attached hydrogens (tertiary/aromatic N) is 2. The molecule has 1 saturated carbocycles. The molecule has 5 rings (SSSR count). The van der Waals surface area contributed by atoms with Gasteiger partial charge in [-0.05, 0) is 59.7 Å². The molecule has 1 heterocycles. The van der Waals surface area contributed by atoms with Crippen molar-refractivity contribution in [2.45, 2.75) is 44.2 Å². The van der Waals surface area contributed by atoms with Crippen molar-refractivity contribution in [1.82, 2.24) is 10.2 Å². The highest BCUT2D eigenvalue weighted by molar-refractivity contribution is 5.92. The molecular weight excluding hydrogens is 533 g/mol. The van der Waals surface area contributed by atoms with E-state index in [1.165, 1.54) is 12.1 Å². The van der Waals surface area contributed by atoms with E-state index in [4.69, 9.17) is 15.9 Å². The van der Waals surface area contributed by atoms with Crippen molar-refractivity contribution in [2.75, 3.05) is 31.2 Å². The van der Waals surface area contributed by atoms with Crippen molar-refractivity contribution < 1.29 is 18.7 Å². The zero-order valence-corrected chi connectivity index (χ0v) is 23.7. The van der Waals surface area contributed by atoms with Gasteiger partial charge in [-0.3, -0.25) is 15.1 Å². The van der Waals surface area contributed by atoms with E-state index < -0.39 is 6.04 Å². The van der Waals surface area contributed by atoms with Gasteiger partial charge in [-0.25, -0.2) is 9.18 Å². The Kier molecular flexibility index (Phi) is 9.48. The normalized spacial score (nSPS) is 19.5. The van der Waals surface area contributed by atoms with E-state index in [-0.39, 0.29) is 35.4 Å². The third-order valence-corrected chi connectivity index (χ3v) is 8.23. The number of nitrogens with one attached hydrogen (secondary N) is 2. The fourth-order valence-electron chi connectivity index (χ4n) is 5.94. The maximum Gasteiger partial charge on any atom is 0.324 e. The molecule has 3 aromatic rings. The van der Waals surface area contributed by atoms with E-state index in [0.717, 1.165) is 42.5 Å². The number of carbonyl (C=O) groups is 2. The van der Waals surface area contributed by atoms with Crippen LogP contribution in [0.25, 0.3) is 0 Å². The summed E-state index contributed by atoms with van der Waals surface area (Å²) in [5, 5.41) is 11.0. The molecule has 0 spiro atoms. The number of benzene rings is 3. The summed E-state index contributed by atoms with van der Waals surface area (Å²) in [6.45, 7) is 2.63. The lowest BCUT2D eigenvalue weighted by Crippen LogP contribution is -2.48. The monoisotopic (exact) mass is 571 g/mol. The first-order valence-electron chi connectivity index (χ1n) is 14.6. The summed E-state index contributed by atoms with van der Waals surface area (Å²) >= 11 is 0. The molecule has 2 aliphatic rings. The number of anilines is 1. The molecule has 2 fully saturated rings. The first-order valence-corrected chi connectivity index (χ1v) is 14.6. The van der Waals surface area contributed by atoms with Gasteiger partial charge in [0.05, 0.1) is 19.8 Å². The fraction of sp³-hybridized carbons (Fsp3) is 0.364. The van der Waals surface area contributed by atoms with E-state index in [2.05, 4.69) is 17.4 Å². The third kappa shape index (κ3) is 6.97. The highest BCUT2D eigenvalue weighted by atomic mass is 19.1. The highest BCUT2D eigenvalue weighted by Gasteiger charge is 2.34. The van der Waals surface area contributed by atoms with E-state index in [0.29, 0.717) is 38.4 Å². The number of amidine groups is 1. The molecule has 9 heteroatoms. The van der Waals surface area contributed by atoms with E-state index >= 15 is 0 Å². The average Bonchev–Trinajstić information content (AvgIpc) is 3.03. The fourth-order valence-corrected chi connectivity index (χ4v) is 5.94. The molecule has 8 nitrogen and oxygen atoms in total. The largest absolute Gasteiger partial charge is 0.386 e. The van der Waals surface area contributed by atoms with Crippen LogP contribution in [0, 0.1) is 17.1 Å². The number of para-hydroxylation sites is 1. The molecule has 3 amide bonds. The van der Waals surface area contributed by atoms with Crippen LogP contribution in [0.3, 0.4) is 0 Å². The molecule has 3 atom stereocenters. The van der Waals surface area contributed by atoms with Crippen molar-refractivity contribution in [3.8, 4) is 0 Å². The van der Waals surface area contributed by atoms with Crippen LogP contribution in [0.5, 0.6) is 0 Å². The molecular formula is C33H38FN5O3. The summed E-state index contributed by atoms with van der Waals surface area (Å²) < 4.78 is 18.9. The molecule has 1 aliphatic carbocycles. The Morgan fingerprint density at radius 2 is 1.64 bits per heavy atom. The number of morpholine rings is 1. The Balaban J connectivity index is 1.31. The number of urea groups is 1. The Bertz CT molecular complexity index is 1360. The van der Waals surface area contributed by atoms with Gasteiger partial charge in [0.2, 0.25) is 5.91 Å². The number of nitrogens with two attached hydrogens (primary N) is 1. The van der Waals surface area contributed by atoms with Gasteiger partial charge in [0.15, 0.2) is 0 Å². The van der Waals surface area contributed by atoms with Crippen molar-refractivity contribution in [3.05, 3.63) is 101 Å². The second kappa shape index (κ2) is 13.6. The van der Waals surface area contributed by atoms with Crippen LogP contribution in [0.15, 0.2) is 78.9 Å². The number of halogens is 1. The maximum absolute atomic E-state index is 13.5. The lowest BCUT2D eigenvalue weighted by atomic mass is 9.74. The first kappa shape index (κ1) is 29.3. The molecule has 0 bridgehead atoms. The van der Waals surface area contributed by atoms with Gasteiger partial charge >= 0.3 is 6.03 Å². The first-order chi connectivity index (χ1) is 20.4. The standard InChI is InChI=1S/C33H38FN5O3/c34-26-16-14-25(15-17-26)30(31(35)36)37-32(40)29-9-5-4-8-28(29)24-12-10-23(11-13-24)22-39(27-6-2-1-3-7-27)33(41)38-18-20-42-21-19-38/h1-3,6-7,10-17,28-30H,4-5,8-9,18-22H2,(H3,35,36)(H,37,40)/t28-,29+,30-/m0/s1. The molecule has 4 N–H and O–H groups in total. The molecule has 0 aromatic heterocycles. The van der Waals surface area contributed by atoms with Gasteiger partial charge in [-0.15, -0.1) is 0 Å². The van der Waals surface area contributed by atoms with E-state index in [1.54, 1.807) is 17.0 Å². The predicted molar refractivity (Wildman–Crippen MR) is 161 cm³/mol. The van der Waals surface area contributed by atoms with Gasteiger partial charge in [0.25, 0.3) is 0 Å². The van der Waals surface area contributed by atoms with Crippen LogP contribution < -0.4 is 16.0 Å². The van der Waals surface area contributed by atoms with Crippen molar-refractivity contribution >= 4 is 23.5 Å². The Labute approximate surface area is 246 Å². The van der Waals surface area contributed by atoms with Gasteiger partial charge in [0, 0.05) is 24.7 Å². The summed E-state index contributed by atoms with van der Waals surface area (Å²) in [5.41, 5.74) is 9.31. The van der Waals surface area contributed by atoms with Crippen LogP contribution in [-0.2, 0) is 16.1 Å². The number of rotatable bonds is 8. The van der Waals surface area contributed by atoms with E-state index in [1.807, 2.05) is 47.4 Å². The summed E-state index contributed by atoms with van der Waals surface area (Å²) in [7, 11) is 0. The maximum atomic E-state index is 13.5. The summed E-state index contributed by atoms with van der Waals surface area (Å²) in [5.74, 6) is -0.981. The van der Waals surface area contributed by atoms with Crippen molar-refractivity contribution in [2.24, 2.45) is 11.7 Å². The van der Waals surface area contributed by atoms with Crippen LogP contribution in [0.2, 0.25) is 0 Å². The smallest absolute Gasteiger partial charge is 0.324 e. The topological polar surface area (TPSA) is 112 Å². The highest BCUT2D eigenvalue weighted by Crippen LogP contribution is 2.38. The molecule has 3 aromatic carbocycles. The lowest BCUT2D eigenvalue weighted by Gasteiger charge is -2.33. The summed E-state index contributed by atoms with van der Waals surface area (Å²) in [4.78, 5) is 30.7. The summed E-state index contributed by atoms with van der Waals surface area (Å²) in [6, 6.07) is 22.7. The van der Waals surface area contributed by atoms with Gasteiger partial charge in [-0.1, -0.05) is 67.4 Å². The zero-order valence-electron chi connectivity index (χ0n) is 23.7. The molecule has 220 valence electrons. The minimum absolute atomic E-state index is 0.0221. The Morgan fingerprint density at radius 3 is 2.31 bits per heavy atom. The van der Waals surface area contributed by atoms with Crippen molar-refractivity contribution in [3.63, 3.8) is 0 Å². The van der Waals surface area contributed by atoms with Crippen LogP contribution >= 0.6 is 0 Å². The van der Waals surface area contributed by atoms with Crippen LogP contribution in [0.4, 0.5) is 14.9 Å². The molecule has 1 saturated heterocycles. The van der Waals surface area contributed by atoms with Crippen LogP contribution in [0.1, 0.15) is 54.3 Å². The van der Waals surface area contributed by atoms with Gasteiger partial charge in [0.1, 0.15) is 17.7 Å². The second-order valence-electron chi connectivity index (χ2n) is 11.0.